The topological polar surface area (TPSA) is 58.2 Å². The summed E-state index contributed by atoms with van der Waals surface area (Å²) in [6.45, 7) is 8.64. The number of anilines is 2. The first-order valence-electron chi connectivity index (χ1n) is 11.9. The molecule has 0 radical (unpaired) electrons. The first-order chi connectivity index (χ1) is 16.1. The summed E-state index contributed by atoms with van der Waals surface area (Å²) in [5.41, 5.74) is 6.36. The highest BCUT2D eigenvalue weighted by Gasteiger charge is 2.38. The number of rotatable bonds is 4. The fourth-order valence-corrected chi connectivity index (χ4v) is 6.27. The lowest BCUT2D eigenvalue weighted by atomic mass is 9.76. The van der Waals surface area contributed by atoms with Crippen LogP contribution < -0.4 is 10.0 Å². The zero-order chi connectivity index (χ0) is 24.1. The maximum atomic E-state index is 13.1. The molecule has 34 heavy (non-hydrogen) atoms. The maximum absolute atomic E-state index is 13.1. The summed E-state index contributed by atoms with van der Waals surface area (Å²) >= 11 is 0. The standard InChI is InChI=1S/C29H32N2O2S/c1-19-7-5-8-22(17-19)31-34(32,33)23-15-16-27-26(18-23)24-9-6-10-25(24)28(30-27)20-11-13-21(14-12-20)29(2,3)4/h5-9,11-18,24-25,28,30-31H,10H2,1-4H3. The van der Waals surface area contributed by atoms with Crippen LogP contribution in [-0.4, -0.2) is 8.42 Å². The van der Waals surface area contributed by atoms with Crippen molar-refractivity contribution in [3.63, 3.8) is 0 Å². The lowest BCUT2D eigenvalue weighted by Crippen LogP contribution is -2.29. The van der Waals surface area contributed by atoms with Gasteiger partial charge in [-0.25, -0.2) is 8.42 Å². The molecule has 1 heterocycles. The van der Waals surface area contributed by atoms with Crippen molar-refractivity contribution in [3.05, 3.63) is 101 Å². The van der Waals surface area contributed by atoms with E-state index in [1.165, 1.54) is 11.1 Å². The van der Waals surface area contributed by atoms with Gasteiger partial charge in [0.25, 0.3) is 10.0 Å². The van der Waals surface area contributed by atoms with E-state index in [2.05, 4.69) is 67.2 Å². The summed E-state index contributed by atoms with van der Waals surface area (Å²) in [6, 6.07) is 22.0. The van der Waals surface area contributed by atoms with E-state index in [4.69, 9.17) is 0 Å². The van der Waals surface area contributed by atoms with Crippen molar-refractivity contribution in [2.75, 3.05) is 10.0 Å². The van der Waals surface area contributed by atoms with Crippen LogP contribution in [0, 0.1) is 12.8 Å². The Labute approximate surface area is 203 Å². The van der Waals surface area contributed by atoms with E-state index in [1.54, 1.807) is 12.1 Å². The van der Waals surface area contributed by atoms with Crippen molar-refractivity contribution >= 4 is 21.4 Å². The Morgan fingerprint density at radius 1 is 0.971 bits per heavy atom. The van der Waals surface area contributed by atoms with E-state index in [-0.39, 0.29) is 17.4 Å². The van der Waals surface area contributed by atoms with E-state index < -0.39 is 10.0 Å². The number of sulfonamides is 1. The highest BCUT2D eigenvalue weighted by molar-refractivity contribution is 7.92. The molecule has 3 atom stereocenters. The molecule has 0 spiro atoms. The van der Waals surface area contributed by atoms with E-state index in [0.29, 0.717) is 16.5 Å². The average Bonchev–Trinajstić information content (AvgIpc) is 3.28. The van der Waals surface area contributed by atoms with Crippen LogP contribution >= 0.6 is 0 Å². The number of nitrogens with one attached hydrogen (secondary N) is 2. The van der Waals surface area contributed by atoms with Crippen LogP contribution in [0.1, 0.15) is 61.4 Å². The van der Waals surface area contributed by atoms with Gasteiger partial charge in [0.2, 0.25) is 0 Å². The number of benzene rings is 3. The Morgan fingerprint density at radius 2 is 1.74 bits per heavy atom. The van der Waals surface area contributed by atoms with Crippen LogP contribution in [0.3, 0.4) is 0 Å². The summed E-state index contributed by atoms with van der Waals surface area (Å²) in [5.74, 6) is 0.549. The third kappa shape index (κ3) is 4.25. The van der Waals surface area contributed by atoms with Gasteiger partial charge in [-0.05, 0) is 77.3 Å². The lowest BCUT2D eigenvalue weighted by molar-refractivity contribution is 0.425. The van der Waals surface area contributed by atoms with E-state index >= 15 is 0 Å². The van der Waals surface area contributed by atoms with Gasteiger partial charge in [0.05, 0.1) is 10.9 Å². The summed E-state index contributed by atoms with van der Waals surface area (Å²) in [5, 5.41) is 3.72. The molecule has 5 rings (SSSR count). The molecule has 3 aromatic rings. The van der Waals surface area contributed by atoms with Gasteiger partial charge in [0.15, 0.2) is 0 Å². The van der Waals surface area contributed by atoms with E-state index in [1.807, 2.05) is 37.3 Å². The third-order valence-corrected chi connectivity index (χ3v) is 8.43. The van der Waals surface area contributed by atoms with Crippen LogP contribution in [0.4, 0.5) is 11.4 Å². The monoisotopic (exact) mass is 472 g/mol. The molecule has 2 N–H and O–H groups in total. The average molecular weight is 473 g/mol. The fraction of sp³-hybridized carbons (Fsp3) is 0.310. The molecule has 176 valence electrons. The van der Waals surface area contributed by atoms with Gasteiger partial charge in [-0.2, -0.15) is 0 Å². The van der Waals surface area contributed by atoms with E-state index in [0.717, 1.165) is 23.2 Å². The molecule has 0 saturated carbocycles. The Kier molecular flexibility index (Phi) is 5.56. The smallest absolute Gasteiger partial charge is 0.261 e. The second-order valence-corrected chi connectivity index (χ2v) is 12.3. The van der Waals surface area contributed by atoms with Gasteiger partial charge in [0.1, 0.15) is 0 Å². The number of allylic oxidation sites excluding steroid dienone is 2. The van der Waals surface area contributed by atoms with Crippen molar-refractivity contribution < 1.29 is 8.42 Å². The van der Waals surface area contributed by atoms with Crippen molar-refractivity contribution in [2.45, 2.75) is 56.4 Å². The van der Waals surface area contributed by atoms with Crippen molar-refractivity contribution in [1.29, 1.82) is 0 Å². The van der Waals surface area contributed by atoms with Crippen LogP contribution in [0.5, 0.6) is 0 Å². The molecule has 0 amide bonds. The van der Waals surface area contributed by atoms with Crippen molar-refractivity contribution in [3.8, 4) is 0 Å². The molecular formula is C29H32N2O2S. The molecule has 4 nitrogen and oxygen atoms in total. The number of fused-ring (bicyclic) bond motifs is 3. The van der Waals surface area contributed by atoms with Crippen LogP contribution in [0.2, 0.25) is 0 Å². The highest BCUT2D eigenvalue weighted by Crippen LogP contribution is 2.50. The second kappa shape index (κ2) is 8.31. The summed E-state index contributed by atoms with van der Waals surface area (Å²) in [7, 11) is -3.68. The van der Waals surface area contributed by atoms with Gasteiger partial charge in [0, 0.05) is 17.3 Å². The van der Waals surface area contributed by atoms with Crippen LogP contribution in [0.25, 0.3) is 0 Å². The van der Waals surface area contributed by atoms with E-state index in [9.17, 15) is 8.42 Å². The largest absolute Gasteiger partial charge is 0.378 e. The second-order valence-electron chi connectivity index (χ2n) is 10.6. The van der Waals surface area contributed by atoms with Crippen molar-refractivity contribution in [1.82, 2.24) is 0 Å². The molecule has 2 aliphatic rings. The summed E-state index contributed by atoms with van der Waals surface area (Å²) in [6.07, 6.45) is 5.45. The predicted octanol–water partition coefficient (Wildman–Crippen LogP) is 6.92. The van der Waals surface area contributed by atoms with Gasteiger partial charge < -0.3 is 5.32 Å². The first kappa shape index (κ1) is 22.7. The Hall–Kier alpha value is -3.05. The molecule has 3 unspecified atom stereocenters. The minimum atomic E-state index is -3.68. The lowest BCUT2D eigenvalue weighted by Gasteiger charge is -2.38. The Bertz CT molecular complexity index is 1350. The highest BCUT2D eigenvalue weighted by atomic mass is 32.2. The molecular weight excluding hydrogens is 440 g/mol. The SMILES string of the molecule is Cc1cccc(NS(=O)(=O)c2ccc3c(c2)C2C=CCC2C(c2ccc(C(C)(C)C)cc2)N3)c1. The van der Waals surface area contributed by atoms with Gasteiger partial charge >= 0.3 is 0 Å². The fourth-order valence-electron chi connectivity index (χ4n) is 5.18. The van der Waals surface area contributed by atoms with Crippen LogP contribution in [0.15, 0.2) is 83.8 Å². The van der Waals surface area contributed by atoms with Gasteiger partial charge in [-0.3, -0.25) is 4.72 Å². The molecule has 0 fully saturated rings. The maximum Gasteiger partial charge on any atom is 0.261 e. The van der Waals surface area contributed by atoms with Crippen molar-refractivity contribution in [2.24, 2.45) is 5.92 Å². The molecule has 5 heteroatoms. The number of hydrogen-bond donors (Lipinski definition) is 2. The summed E-state index contributed by atoms with van der Waals surface area (Å²) < 4.78 is 29.0. The summed E-state index contributed by atoms with van der Waals surface area (Å²) in [4.78, 5) is 0.293. The molecule has 3 aromatic carbocycles. The molecule has 1 aliphatic heterocycles. The zero-order valence-corrected chi connectivity index (χ0v) is 21.0. The Balaban J connectivity index is 1.46. The number of hydrogen-bond acceptors (Lipinski definition) is 3. The van der Waals surface area contributed by atoms with Gasteiger partial charge in [-0.1, -0.05) is 69.3 Å². The molecule has 0 aromatic heterocycles. The molecule has 0 bridgehead atoms. The zero-order valence-electron chi connectivity index (χ0n) is 20.2. The molecule has 0 saturated heterocycles. The normalized spacial score (nSPS) is 21.5. The minimum absolute atomic E-state index is 0.122. The minimum Gasteiger partial charge on any atom is -0.378 e. The first-order valence-corrected chi connectivity index (χ1v) is 13.4. The Morgan fingerprint density at radius 3 is 2.44 bits per heavy atom. The predicted molar refractivity (Wildman–Crippen MR) is 140 cm³/mol. The van der Waals surface area contributed by atoms with Gasteiger partial charge in [-0.15, -0.1) is 0 Å². The third-order valence-electron chi connectivity index (χ3n) is 7.05. The quantitative estimate of drug-likeness (QED) is 0.405. The molecule has 1 aliphatic carbocycles. The number of aryl methyl sites for hydroxylation is 1. The van der Waals surface area contributed by atoms with Crippen LogP contribution in [-0.2, 0) is 15.4 Å².